The molecule has 0 aromatic carbocycles. The number of anilines is 1. The van der Waals surface area contributed by atoms with Crippen molar-refractivity contribution in [3.8, 4) is 17.3 Å². The van der Waals surface area contributed by atoms with Crippen molar-refractivity contribution >= 4 is 5.82 Å². The lowest BCUT2D eigenvalue weighted by atomic mass is 9.89. The lowest BCUT2D eigenvalue weighted by Gasteiger charge is -2.34. The first-order valence-corrected chi connectivity index (χ1v) is 8.98. The third kappa shape index (κ3) is 2.50. The maximum Gasteiger partial charge on any atom is 0.142 e. The number of pyridine rings is 1. The predicted octanol–water partition coefficient (Wildman–Crippen LogP) is 2.82. The van der Waals surface area contributed by atoms with Gasteiger partial charge in [0.25, 0.3) is 0 Å². The van der Waals surface area contributed by atoms with Crippen LogP contribution in [0, 0.1) is 17.2 Å². The van der Waals surface area contributed by atoms with Crippen LogP contribution in [0.15, 0.2) is 6.07 Å². The zero-order valence-corrected chi connectivity index (χ0v) is 15.0. The molecular formula is C19H24N6. The van der Waals surface area contributed by atoms with Gasteiger partial charge in [-0.25, -0.2) is 4.98 Å². The molecule has 2 aromatic heterocycles. The van der Waals surface area contributed by atoms with E-state index in [-0.39, 0.29) is 0 Å². The van der Waals surface area contributed by atoms with E-state index in [4.69, 9.17) is 5.73 Å². The number of rotatable bonds is 3. The van der Waals surface area contributed by atoms with Crippen LogP contribution in [0.2, 0.25) is 0 Å². The molecule has 0 aliphatic carbocycles. The second-order valence-corrected chi connectivity index (χ2v) is 7.71. The summed E-state index contributed by atoms with van der Waals surface area (Å²) in [5.41, 5.74) is 11.6. The molecule has 3 N–H and O–H groups in total. The van der Waals surface area contributed by atoms with Crippen LogP contribution >= 0.6 is 0 Å². The number of hydrogen-bond acceptors (Lipinski definition) is 5. The van der Waals surface area contributed by atoms with Gasteiger partial charge < -0.3 is 5.73 Å². The van der Waals surface area contributed by atoms with Crippen LogP contribution < -0.4 is 5.73 Å². The largest absolute Gasteiger partial charge is 0.383 e. The van der Waals surface area contributed by atoms with E-state index in [1.807, 2.05) is 0 Å². The summed E-state index contributed by atoms with van der Waals surface area (Å²) in [7, 11) is 2.17. The van der Waals surface area contributed by atoms with Crippen molar-refractivity contribution in [2.75, 3.05) is 12.8 Å². The topological polar surface area (TPSA) is 94.6 Å². The zero-order chi connectivity index (χ0) is 17.7. The van der Waals surface area contributed by atoms with E-state index in [1.165, 1.54) is 0 Å². The molecule has 2 aromatic rings. The molecule has 0 amide bonds. The molecule has 0 saturated carbocycles. The Balaban J connectivity index is 1.91. The van der Waals surface area contributed by atoms with Crippen LogP contribution in [0.3, 0.4) is 0 Å². The van der Waals surface area contributed by atoms with Gasteiger partial charge in [0.15, 0.2) is 0 Å². The van der Waals surface area contributed by atoms with Crippen molar-refractivity contribution < 1.29 is 0 Å². The highest BCUT2D eigenvalue weighted by Gasteiger charge is 2.41. The number of H-pyrrole nitrogens is 1. The van der Waals surface area contributed by atoms with Crippen LogP contribution in [0.1, 0.15) is 55.2 Å². The fraction of sp³-hybridized carbons (Fsp3) is 0.526. The lowest BCUT2D eigenvalue weighted by molar-refractivity contribution is 0.222. The molecule has 130 valence electrons. The quantitative estimate of drug-likeness (QED) is 0.899. The molecule has 0 spiro atoms. The molecule has 4 rings (SSSR count). The van der Waals surface area contributed by atoms with Gasteiger partial charge in [-0.1, -0.05) is 13.8 Å². The van der Waals surface area contributed by atoms with Gasteiger partial charge in [0.2, 0.25) is 0 Å². The van der Waals surface area contributed by atoms with Gasteiger partial charge in [-0.05, 0) is 38.3 Å². The van der Waals surface area contributed by atoms with Crippen LogP contribution in [-0.2, 0) is 12.8 Å². The Morgan fingerprint density at radius 2 is 2.24 bits per heavy atom. The minimum absolute atomic E-state index is 0.300. The van der Waals surface area contributed by atoms with E-state index in [9.17, 15) is 5.26 Å². The predicted molar refractivity (Wildman–Crippen MR) is 96.7 cm³/mol. The molecule has 2 bridgehead atoms. The first-order chi connectivity index (χ1) is 12.0. The number of aromatic nitrogens is 3. The second kappa shape index (κ2) is 5.85. The highest BCUT2D eigenvalue weighted by atomic mass is 15.2. The summed E-state index contributed by atoms with van der Waals surface area (Å²) in [4.78, 5) is 7.01. The van der Waals surface area contributed by atoms with Gasteiger partial charge in [0, 0.05) is 41.0 Å². The Labute approximate surface area is 148 Å². The number of nitrogen functional groups attached to an aromatic ring is 1. The summed E-state index contributed by atoms with van der Waals surface area (Å²) in [5.74, 6) is 0.871. The Hall–Kier alpha value is -2.39. The zero-order valence-electron chi connectivity index (χ0n) is 15.0. The van der Waals surface area contributed by atoms with Gasteiger partial charge in [-0.2, -0.15) is 10.4 Å². The van der Waals surface area contributed by atoms with E-state index < -0.39 is 0 Å². The Kier molecular flexibility index (Phi) is 3.77. The van der Waals surface area contributed by atoms with E-state index in [0.29, 0.717) is 29.4 Å². The first kappa shape index (κ1) is 16.1. The summed E-state index contributed by atoms with van der Waals surface area (Å²) in [6.07, 6.45) is 4.09. The molecule has 6 nitrogen and oxygen atoms in total. The van der Waals surface area contributed by atoms with Crippen molar-refractivity contribution in [1.82, 2.24) is 20.1 Å². The van der Waals surface area contributed by atoms with Gasteiger partial charge in [0.1, 0.15) is 17.5 Å². The summed E-state index contributed by atoms with van der Waals surface area (Å²) in [6.45, 7) is 4.36. The molecule has 2 aliphatic rings. The van der Waals surface area contributed by atoms with Crippen molar-refractivity contribution in [1.29, 1.82) is 5.26 Å². The van der Waals surface area contributed by atoms with Gasteiger partial charge in [-0.3, -0.25) is 10.00 Å². The fourth-order valence-electron chi connectivity index (χ4n) is 4.43. The molecule has 2 atom stereocenters. The maximum absolute atomic E-state index is 9.73. The molecule has 1 saturated heterocycles. The van der Waals surface area contributed by atoms with E-state index in [0.717, 1.165) is 53.9 Å². The fourth-order valence-corrected chi connectivity index (χ4v) is 4.43. The molecule has 6 heteroatoms. The smallest absolute Gasteiger partial charge is 0.142 e. The molecule has 0 unspecified atom stereocenters. The average Bonchev–Trinajstić information content (AvgIpc) is 3.08. The monoisotopic (exact) mass is 336 g/mol. The number of nitrogens with one attached hydrogen (secondary N) is 1. The molecule has 2 aliphatic heterocycles. The Morgan fingerprint density at radius 1 is 1.44 bits per heavy atom. The van der Waals surface area contributed by atoms with Crippen molar-refractivity contribution in [3.63, 3.8) is 0 Å². The summed E-state index contributed by atoms with van der Waals surface area (Å²) < 4.78 is 0. The van der Waals surface area contributed by atoms with Gasteiger partial charge in [-0.15, -0.1) is 0 Å². The number of nitrogens with zero attached hydrogens (tertiary/aromatic N) is 4. The Morgan fingerprint density at radius 3 is 2.96 bits per heavy atom. The number of hydrogen-bond donors (Lipinski definition) is 2. The van der Waals surface area contributed by atoms with Crippen LogP contribution in [0.5, 0.6) is 0 Å². The summed E-state index contributed by atoms with van der Waals surface area (Å²) in [6, 6.07) is 5.17. The molecule has 25 heavy (non-hydrogen) atoms. The lowest BCUT2D eigenvalue weighted by Crippen LogP contribution is -2.35. The number of nitrogens with two attached hydrogens (primary N) is 1. The van der Waals surface area contributed by atoms with Crippen LogP contribution in [0.4, 0.5) is 5.82 Å². The van der Waals surface area contributed by atoms with Crippen LogP contribution in [-0.4, -0.2) is 33.2 Å². The van der Waals surface area contributed by atoms with Gasteiger partial charge in [0.05, 0.1) is 5.69 Å². The summed E-state index contributed by atoms with van der Waals surface area (Å²) >= 11 is 0. The minimum Gasteiger partial charge on any atom is -0.383 e. The SMILES string of the molecule is CC(C)Cc1cc(-c2c(C#N)c(N)nc3c2[C@H]2CC[C@@H](C3)N2C)n[nH]1. The number of aromatic amines is 1. The third-order valence-electron chi connectivity index (χ3n) is 5.57. The Bertz CT molecular complexity index is 860. The van der Waals surface area contributed by atoms with Crippen LogP contribution in [0.25, 0.3) is 11.3 Å². The second-order valence-electron chi connectivity index (χ2n) is 7.71. The number of likely N-dealkylation sites (N-methyl/N-ethyl adjacent to an activating group) is 1. The van der Waals surface area contributed by atoms with E-state index in [2.05, 4.69) is 53.1 Å². The number of fused-ring (bicyclic) bond motifs is 4. The molecule has 0 radical (unpaired) electrons. The molecule has 4 heterocycles. The molecular weight excluding hydrogens is 312 g/mol. The third-order valence-corrected chi connectivity index (χ3v) is 5.57. The van der Waals surface area contributed by atoms with Gasteiger partial charge >= 0.3 is 0 Å². The number of nitriles is 1. The average molecular weight is 336 g/mol. The standard InChI is InChI=1S/C19H24N6/c1-10(2)6-11-7-15(24-23-11)17-13(9-20)19(21)22-14-8-12-4-5-16(18(14)17)25(12)3/h7,10,12,16H,4-6,8H2,1-3H3,(H2,21,22)(H,23,24)/t12-,16+/m0/s1. The van der Waals surface area contributed by atoms with E-state index in [1.54, 1.807) is 0 Å². The minimum atomic E-state index is 0.300. The van der Waals surface area contributed by atoms with Crippen molar-refractivity contribution in [2.45, 2.75) is 51.6 Å². The van der Waals surface area contributed by atoms with Crippen molar-refractivity contribution in [2.24, 2.45) is 5.92 Å². The normalized spacial score (nSPS) is 22.2. The van der Waals surface area contributed by atoms with Crippen molar-refractivity contribution in [3.05, 3.63) is 28.6 Å². The summed E-state index contributed by atoms with van der Waals surface area (Å²) in [5, 5.41) is 17.4. The molecule has 1 fully saturated rings. The highest BCUT2D eigenvalue weighted by Crippen LogP contribution is 2.47. The highest BCUT2D eigenvalue weighted by molar-refractivity contribution is 5.78. The van der Waals surface area contributed by atoms with E-state index >= 15 is 0 Å². The maximum atomic E-state index is 9.73. The first-order valence-electron chi connectivity index (χ1n) is 8.98.